The third kappa shape index (κ3) is 5.73. The molecule has 0 spiro atoms. The predicted molar refractivity (Wildman–Crippen MR) is 90.2 cm³/mol. The van der Waals surface area contributed by atoms with Crippen LogP contribution >= 0.6 is 15.9 Å². The molecule has 22 heavy (non-hydrogen) atoms. The molecule has 116 valence electrons. The fourth-order valence-electron chi connectivity index (χ4n) is 1.71. The minimum Gasteiger partial charge on any atom is -0.494 e. The molecule has 0 aliphatic rings. The van der Waals surface area contributed by atoms with Gasteiger partial charge in [0.05, 0.1) is 6.61 Å². The first-order chi connectivity index (χ1) is 10.6. The van der Waals surface area contributed by atoms with E-state index in [9.17, 15) is 4.79 Å². The number of nitrogens with zero attached hydrogens (tertiary/aromatic N) is 1. The van der Waals surface area contributed by atoms with Gasteiger partial charge in [0.2, 0.25) is 0 Å². The number of hydrogen-bond acceptors (Lipinski definition) is 3. The van der Waals surface area contributed by atoms with E-state index in [1.165, 1.54) is 5.56 Å². The van der Waals surface area contributed by atoms with E-state index in [2.05, 4.69) is 31.5 Å². The number of halogens is 1. The molecule has 2 N–H and O–H groups in total. The third-order valence-electron chi connectivity index (χ3n) is 2.87. The topological polar surface area (TPSA) is 63.2 Å². The van der Waals surface area contributed by atoms with Crippen molar-refractivity contribution in [1.29, 1.82) is 0 Å². The van der Waals surface area contributed by atoms with Crippen LogP contribution in [-0.2, 0) is 0 Å². The number of aryl methyl sites for hydroxylation is 1. The van der Waals surface area contributed by atoms with Crippen LogP contribution in [0.3, 0.4) is 0 Å². The largest absolute Gasteiger partial charge is 0.494 e. The zero-order valence-electron chi connectivity index (χ0n) is 12.3. The quantitative estimate of drug-likeness (QED) is 0.768. The van der Waals surface area contributed by atoms with Gasteiger partial charge in [-0.3, -0.25) is 5.32 Å². The van der Waals surface area contributed by atoms with E-state index in [1.807, 2.05) is 37.3 Å². The molecule has 2 amide bonds. The van der Waals surface area contributed by atoms with Crippen molar-refractivity contribution >= 4 is 27.8 Å². The van der Waals surface area contributed by atoms with E-state index in [0.717, 1.165) is 16.6 Å². The maximum absolute atomic E-state index is 11.7. The first-order valence-corrected chi connectivity index (χ1v) is 7.78. The molecule has 6 heteroatoms. The molecule has 0 saturated heterocycles. The second kappa shape index (κ2) is 8.38. The zero-order valence-corrected chi connectivity index (χ0v) is 13.9. The Morgan fingerprint density at radius 2 is 2.00 bits per heavy atom. The van der Waals surface area contributed by atoms with Crippen molar-refractivity contribution in [3.8, 4) is 5.75 Å². The van der Waals surface area contributed by atoms with Crippen LogP contribution in [0.5, 0.6) is 5.75 Å². The SMILES string of the molecule is Cc1ccc(OCCCNC(=O)Nc2ccc(Br)cn2)cc1. The van der Waals surface area contributed by atoms with E-state index in [0.29, 0.717) is 19.0 Å². The number of nitrogens with one attached hydrogen (secondary N) is 2. The van der Waals surface area contributed by atoms with Gasteiger partial charge in [0, 0.05) is 17.2 Å². The Morgan fingerprint density at radius 1 is 1.23 bits per heavy atom. The lowest BCUT2D eigenvalue weighted by atomic mass is 10.2. The molecule has 2 aromatic rings. The second-order valence-corrected chi connectivity index (χ2v) is 5.67. The molecule has 0 fully saturated rings. The predicted octanol–water partition coefficient (Wildman–Crippen LogP) is 3.74. The lowest BCUT2D eigenvalue weighted by molar-refractivity contribution is 0.250. The highest BCUT2D eigenvalue weighted by Crippen LogP contribution is 2.11. The highest BCUT2D eigenvalue weighted by Gasteiger charge is 2.02. The molecule has 0 aliphatic carbocycles. The van der Waals surface area contributed by atoms with Crippen molar-refractivity contribution < 1.29 is 9.53 Å². The highest BCUT2D eigenvalue weighted by molar-refractivity contribution is 9.10. The summed E-state index contributed by atoms with van der Waals surface area (Å²) in [6, 6.07) is 11.2. The molecule has 0 atom stereocenters. The summed E-state index contributed by atoms with van der Waals surface area (Å²) in [5.74, 6) is 1.35. The maximum atomic E-state index is 11.7. The van der Waals surface area contributed by atoms with Gasteiger partial charge in [0.1, 0.15) is 11.6 Å². The summed E-state index contributed by atoms with van der Waals surface area (Å²) in [6.45, 7) is 3.13. The van der Waals surface area contributed by atoms with Gasteiger partial charge in [-0.05, 0) is 53.5 Å². The van der Waals surface area contributed by atoms with E-state index in [1.54, 1.807) is 12.3 Å². The smallest absolute Gasteiger partial charge is 0.320 e. The fourth-order valence-corrected chi connectivity index (χ4v) is 1.94. The second-order valence-electron chi connectivity index (χ2n) is 4.76. The van der Waals surface area contributed by atoms with E-state index >= 15 is 0 Å². The number of ether oxygens (including phenoxy) is 1. The summed E-state index contributed by atoms with van der Waals surface area (Å²) in [5, 5.41) is 5.42. The monoisotopic (exact) mass is 363 g/mol. The molecule has 1 aromatic carbocycles. The molecule has 0 unspecified atom stereocenters. The normalized spacial score (nSPS) is 10.1. The van der Waals surface area contributed by atoms with Gasteiger partial charge in [-0.1, -0.05) is 17.7 Å². The van der Waals surface area contributed by atoms with E-state index in [4.69, 9.17) is 4.74 Å². The van der Waals surface area contributed by atoms with Crippen LogP contribution in [0.4, 0.5) is 10.6 Å². The van der Waals surface area contributed by atoms with Crippen LogP contribution in [-0.4, -0.2) is 24.2 Å². The Balaban J connectivity index is 1.61. The number of urea groups is 1. The Kier molecular flexibility index (Phi) is 6.21. The summed E-state index contributed by atoms with van der Waals surface area (Å²) < 4.78 is 6.45. The van der Waals surface area contributed by atoms with Crippen LogP contribution in [0.1, 0.15) is 12.0 Å². The molecule has 2 rings (SSSR count). The Hall–Kier alpha value is -2.08. The van der Waals surface area contributed by atoms with Crippen molar-refractivity contribution in [2.45, 2.75) is 13.3 Å². The molecular weight excluding hydrogens is 346 g/mol. The number of pyridine rings is 1. The van der Waals surface area contributed by atoms with Gasteiger partial charge in [-0.25, -0.2) is 9.78 Å². The first-order valence-electron chi connectivity index (χ1n) is 6.99. The molecule has 1 heterocycles. The van der Waals surface area contributed by atoms with Crippen LogP contribution in [0.25, 0.3) is 0 Å². The Bertz CT molecular complexity index is 600. The first kappa shape index (κ1) is 16.3. The number of anilines is 1. The average molecular weight is 364 g/mol. The van der Waals surface area contributed by atoms with E-state index < -0.39 is 0 Å². The molecule has 5 nitrogen and oxygen atoms in total. The Morgan fingerprint density at radius 3 is 2.68 bits per heavy atom. The van der Waals surface area contributed by atoms with Crippen LogP contribution in [0.15, 0.2) is 47.1 Å². The summed E-state index contributed by atoms with van der Waals surface area (Å²) in [6.07, 6.45) is 2.36. The van der Waals surface area contributed by atoms with Gasteiger partial charge in [0.25, 0.3) is 0 Å². The third-order valence-corrected chi connectivity index (χ3v) is 3.33. The van der Waals surface area contributed by atoms with Gasteiger partial charge in [0.15, 0.2) is 0 Å². The van der Waals surface area contributed by atoms with Crippen molar-refractivity contribution in [2.75, 3.05) is 18.5 Å². The maximum Gasteiger partial charge on any atom is 0.320 e. The van der Waals surface area contributed by atoms with Crippen molar-refractivity contribution in [2.24, 2.45) is 0 Å². The molecule has 0 radical (unpaired) electrons. The van der Waals surface area contributed by atoms with Gasteiger partial charge < -0.3 is 10.1 Å². The number of aromatic nitrogens is 1. The number of amides is 2. The summed E-state index contributed by atoms with van der Waals surface area (Å²) in [4.78, 5) is 15.7. The highest BCUT2D eigenvalue weighted by atomic mass is 79.9. The standard InChI is InChI=1S/C16H18BrN3O2/c1-12-3-6-14(7-4-12)22-10-2-9-18-16(21)20-15-8-5-13(17)11-19-15/h3-8,11H,2,9-10H2,1H3,(H2,18,19,20,21). The number of carbonyl (C=O) groups excluding carboxylic acids is 1. The lowest BCUT2D eigenvalue weighted by Gasteiger charge is -2.08. The minimum absolute atomic E-state index is 0.273. The number of hydrogen-bond donors (Lipinski definition) is 2. The molecule has 0 aliphatic heterocycles. The summed E-state index contributed by atoms with van der Waals surface area (Å²) in [5.41, 5.74) is 1.20. The molecular formula is C16H18BrN3O2. The molecule has 0 saturated carbocycles. The van der Waals surface area contributed by atoms with E-state index in [-0.39, 0.29) is 6.03 Å². The zero-order chi connectivity index (χ0) is 15.8. The summed E-state index contributed by atoms with van der Waals surface area (Å²) >= 11 is 3.29. The number of rotatable bonds is 6. The van der Waals surface area contributed by atoms with Crippen molar-refractivity contribution in [1.82, 2.24) is 10.3 Å². The Labute approximate surface area is 138 Å². The molecule has 0 bridgehead atoms. The summed E-state index contributed by atoms with van der Waals surface area (Å²) in [7, 11) is 0. The average Bonchev–Trinajstić information content (AvgIpc) is 2.51. The van der Waals surface area contributed by atoms with Crippen molar-refractivity contribution in [3.05, 3.63) is 52.6 Å². The number of carbonyl (C=O) groups is 1. The minimum atomic E-state index is -0.273. The molecule has 1 aromatic heterocycles. The lowest BCUT2D eigenvalue weighted by Crippen LogP contribution is -2.30. The van der Waals surface area contributed by atoms with Crippen LogP contribution in [0.2, 0.25) is 0 Å². The fraction of sp³-hybridized carbons (Fsp3) is 0.250. The number of benzene rings is 1. The van der Waals surface area contributed by atoms with Gasteiger partial charge >= 0.3 is 6.03 Å². The van der Waals surface area contributed by atoms with Crippen molar-refractivity contribution in [3.63, 3.8) is 0 Å². The van der Waals surface area contributed by atoms with Crippen LogP contribution < -0.4 is 15.4 Å². The van der Waals surface area contributed by atoms with Gasteiger partial charge in [-0.2, -0.15) is 0 Å². The van der Waals surface area contributed by atoms with Crippen LogP contribution in [0, 0.1) is 6.92 Å². The van der Waals surface area contributed by atoms with Gasteiger partial charge in [-0.15, -0.1) is 0 Å².